The van der Waals surface area contributed by atoms with E-state index in [-0.39, 0.29) is 23.9 Å². The molecule has 0 spiro atoms. The molecular formula is C23H24ClN3O5S. The fraction of sp³-hybridized carbons (Fsp3) is 0.304. The van der Waals surface area contributed by atoms with Crippen molar-refractivity contribution in [2.75, 3.05) is 20.1 Å². The standard InChI is InChI=1S/C23H24ClN3O5S/c1-25(14-19-8-10-21(32-19)17-4-6-18(24)7-5-17)23(29)16-26-15-20(9-11-22(26)28)33(30,31)27-12-2-3-13-27/h4-11,15H,2-3,12-14,16H2,1H3. The van der Waals surface area contributed by atoms with Crippen molar-refractivity contribution >= 4 is 27.5 Å². The van der Waals surface area contributed by atoms with Crippen LogP contribution in [0.5, 0.6) is 0 Å². The molecule has 1 aliphatic rings. The van der Waals surface area contributed by atoms with Crippen LogP contribution in [-0.2, 0) is 27.9 Å². The number of amides is 1. The first kappa shape index (κ1) is 23.3. The summed E-state index contributed by atoms with van der Waals surface area (Å²) in [6.45, 7) is 0.852. The highest BCUT2D eigenvalue weighted by atomic mass is 35.5. The Labute approximate surface area is 197 Å². The van der Waals surface area contributed by atoms with Gasteiger partial charge in [0.2, 0.25) is 15.9 Å². The molecule has 8 nitrogen and oxygen atoms in total. The Balaban J connectivity index is 1.45. The fourth-order valence-electron chi connectivity index (χ4n) is 3.68. The third-order valence-electron chi connectivity index (χ3n) is 5.57. The lowest BCUT2D eigenvalue weighted by Gasteiger charge is -2.18. The highest BCUT2D eigenvalue weighted by molar-refractivity contribution is 7.89. The van der Waals surface area contributed by atoms with E-state index in [9.17, 15) is 18.0 Å². The summed E-state index contributed by atoms with van der Waals surface area (Å²) in [7, 11) is -2.08. The Bertz CT molecular complexity index is 1310. The van der Waals surface area contributed by atoms with E-state index < -0.39 is 15.6 Å². The SMILES string of the molecule is CN(Cc1ccc(-c2ccc(Cl)cc2)o1)C(=O)Cn1cc(S(=O)(=O)N2CCCC2)ccc1=O. The number of aromatic nitrogens is 1. The van der Waals surface area contributed by atoms with Crippen molar-refractivity contribution in [3.8, 4) is 11.3 Å². The predicted octanol–water partition coefficient (Wildman–Crippen LogP) is 3.20. The van der Waals surface area contributed by atoms with Crippen molar-refractivity contribution in [2.45, 2.75) is 30.8 Å². The first-order valence-corrected chi connectivity index (χ1v) is 12.3. The van der Waals surface area contributed by atoms with E-state index in [1.54, 1.807) is 25.2 Å². The maximum Gasteiger partial charge on any atom is 0.251 e. The molecule has 0 radical (unpaired) electrons. The van der Waals surface area contributed by atoms with Crippen LogP contribution in [0.2, 0.25) is 5.02 Å². The van der Waals surface area contributed by atoms with E-state index >= 15 is 0 Å². The maximum atomic E-state index is 12.8. The maximum absolute atomic E-state index is 12.8. The Hall–Kier alpha value is -2.88. The number of sulfonamides is 1. The molecule has 3 aromatic rings. The first-order valence-electron chi connectivity index (χ1n) is 10.5. The molecule has 1 fully saturated rings. The molecule has 1 aliphatic heterocycles. The molecule has 33 heavy (non-hydrogen) atoms. The molecule has 0 bridgehead atoms. The van der Waals surface area contributed by atoms with Gasteiger partial charge in [0.15, 0.2) is 0 Å². The molecule has 1 saturated heterocycles. The van der Waals surface area contributed by atoms with Gasteiger partial charge in [0.25, 0.3) is 5.56 Å². The van der Waals surface area contributed by atoms with Gasteiger partial charge in [0.1, 0.15) is 18.1 Å². The summed E-state index contributed by atoms with van der Waals surface area (Å²) in [5, 5.41) is 0.628. The van der Waals surface area contributed by atoms with E-state index in [1.165, 1.54) is 27.5 Å². The lowest BCUT2D eigenvalue weighted by atomic mass is 10.2. The lowest BCUT2D eigenvalue weighted by Crippen LogP contribution is -2.34. The molecule has 0 atom stereocenters. The van der Waals surface area contributed by atoms with Crippen LogP contribution < -0.4 is 5.56 Å². The Morgan fingerprint density at radius 2 is 1.76 bits per heavy atom. The van der Waals surface area contributed by atoms with Gasteiger partial charge in [-0.1, -0.05) is 11.6 Å². The quantitative estimate of drug-likeness (QED) is 0.508. The Morgan fingerprint density at radius 1 is 1.06 bits per heavy atom. The largest absolute Gasteiger partial charge is 0.459 e. The van der Waals surface area contributed by atoms with Crippen LogP contribution >= 0.6 is 11.6 Å². The minimum absolute atomic E-state index is 0.0121. The predicted molar refractivity (Wildman–Crippen MR) is 124 cm³/mol. The van der Waals surface area contributed by atoms with E-state index in [2.05, 4.69) is 0 Å². The average Bonchev–Trinajstić information content (AvgIpc) is 3.48. The fourth-order valence-corrected chi connectivity index (χ4v) is 5.35. The number of rotatable bonds is 7. The summed E-state index contributed by atoms with van der Waals surface area (Å²) in [6, 6.07) is 13.3. The van der Waals surface area contributed by atoms with E-state index in [1.807, 2.05) is 18.2 Å². The molecule has 1 amide bonds. The smallest absolute Gasteiger partial charge is 0.251 e. The average molecular weight is 490 g/mol. The van der Waals surface area contributed by atoms with Gasteiger partial charge >= 0.3 is 0 Å². The zero-order chi connectivity index (χ0) is 23.6. The Morgan fingerprint density at radius 3 is 2.45 bits per heavy atom. The molecule has 0 unspecified atom stereocenters. The normalized spacial score (nSPS) is 14.5. The molecule has 10 heteroatoms. The van der Waals surface area contributed by atoms with Gasteiger partial charge in [-0.25, -0.2) is 8.42 Å². The molecule has 0 saturated carbocycles. The molecule has 174 valence electrons. The lowest BCUT2D eigenvalue weighted by molar-refractivity contribution is -0.131. The topological polar surface area (TPSA) is 92.8 Å². The van der Waals surface area contributed by atoms with Crippen LogP contribution in [0.25, 0.3) is 11.3 Å². The summed E-state index contributed by atoms with van der Waals surface area (Å²) < 4.78 is 34.0. The van der Waals surface area contributed by atoms with Crippen molar-refractivity contribution in [1.82, 2.24) is 13.8 Å². The minimum Gasteiger partial charge on any atom is -0.459 e. The molecule has 2 aromatic heterocycles. The third kappa shape index (κ3) is 5.21. The van der Waals surface area contributed by atoms with Crippen LogP contribution in [-0.4, -0.2) is 48.2 Å². The molecule has 0 aliphatic carbocycles. The van der Waals surface area contributed by atoms with Crippen LogP contribution in [0.4, 0.5) is 0 Å². The van der Waals surface area contributed by atoms with Gasteiger partial charge in [-0.05, 0) is 55.3 Å². The van der Waals surface area contributed by atoms with Crippen molar-refractivity contribution in [3.63, 3.8) is 0 Å². The summed E-state index contributed by atoms with van der Waals surface area (Å²) in [6.07, 6.45) is 2.87. The third-order valence-corrected chi connectivity index (χ3v) is 7.71. The van der Waals surface area contributed by atoms with Gasteiger partial charge < -0.3 is 13.9 Å². The molecule has 0 N–H and O–H groups in total. The Kier molecular flexibility index (Phi) is 6.73. The van der Waals surface area contributed by atoms with E-state index in [0.717, 1.165) is 23.0 Å². The summed E-state index contributed by atoms with van der Waals surface area (Å²) in [5.41, 5.74) is 0.419. The summed E-state index contributed by atoms with van der Waals surface area (Å²) in [5.74, 6) is 0.879. The molecule has 3 heterocycles. The number of likely N-dealkylation sites (N-methyl/N-ethyl adjacent to an activating group) is 1. The van der Waals surface area contributed by atoms with Crippen LogP contribution in [0.15, 0.2) is 68.8 Å². The minimum atomic E-state index is -3.68. The second kappa shape index (κ2) is 9.54. The zero-order valence-electron chi connectivity index (χ0n) is 18.1. The van der Waals surface area contributed by atoms with E-state index in [0.29, 0.717) is 29.6 Å². The van der Waals surface area contributed by atoms with Crippen LogP contribution in [0.3, 0.4) is 0 Å². The number of benzene rings is 1. The van der Waals surface area contributed by atoms with Gasteiger partial charge in [0.05, 0.1) is 11.4 Å². The first-order chi connectivity index (χ1) is 15.7. The summed E-state index contributed by atoms with van der Waals surface area (Å²) >= 11 is 5.92. The molecular weight excluding hydrogens is 466 g/mol. The van der Waals surface area contributed by atoms with Crippen LogP contribution in [0.1, 0.15) is 18.6 Å². The monoisotopic (exact) mass is 489 g/mol. The van der Waals surface area contributed by atoms with Crippen molar-refractivity contribution < 1.29 is 17.6 Å². The number of carbonyl (C=O) groups is 1. The highest BCUT2D eigenvalue weighted by Gasteiger charge is 2.28. The summed E-state index contributed by atoms with van der Waals surface area (Å²) in [4.78, 5) is 26.5. The number of hydrogen-bond acceptors (Lipinski definition) is 5. The second-order valence-electron chi connectivity index (χ2n) is 7.96. The molecule has 1 aromatic carbocycles. The molecule has 4 rings (SSSR count). The second-order valence-corrected chi connectivity index (χ2v) is 10.3. The number of furan rings is 1. The number of halogens is 1. The van der Waals surface area contributed by atoms with Crippen molar-refractivity contribution in [1.29, 1.82) is 0 Å². The van der Waals surface area contributed by atoms with Gasteiger partial charge in [-0.15, -0.1) is 0 Å². The van der Waals surface area contributed by atoms with Gasteiger partial charge in [0, 0.05) is 43.0 Å². The van der Waals surface area contributed by atoms with Gasteiger partial charge in [-0.3, -0.25) is 9.59 Å². The number of hydrogen-bond donors (Lipinski definition) is 0. The highest BCUT2D eigenvalue weighted by Crippen LogP contribution is 2.24. The number of carbonyl (C=O) groups excluding carboxylic acids is 1. The van der Waals surface area contributed by atoms with Crippen molar-refractivity contribution in [2.24, 2.45) is 0 Å². The zero-order valence-corrected chi connectivity index (χ0v) is 19.7. The van der Waals surface area contributed by atoms with Crippen LogP contribution in [0, 0.1) is 0 Å². The van der Waals surface area contributed by atoms with E-state index in [4.69, 9.17) is 16.0 Å². The van der Waals surface area contributed by atoms with Gasteiger partial charge in [-0.2, -0.15) is 4.31 Å². The number of pyridine rings is 1. The number of nitrogens with zero attached hydrogens (tertiary/aromatic N) is 3. The van der Waals surface area contributed by atoms with Crippen molar-refractivity contribution in [3.05, 3.63) is 75.9 Å².